The maximum Gasteiger partial charge on any atom is 0.101 e. The zero-order valence-electron chi connectivity index (χ0n) is 16.1. The fourth-order valence-electron chi connectivity index (χ4n) is 4.60. The zero-order valence-corrected chi connectivity index (χ0v) is 19.0. The van der Waals surface area contributed by atoms with Crippen LogP contribution in [0.25, 0.3) is 20.2 Å². The summed E-state index contributed by atoms with van der Waals surface area (Å²) in [4.78, 5) is 0. The van der Waals surface area contributed by atoms with Crippen LogP contribution >= 0.6 is 34.2 Å². The molecule has 1 aliphatic rings. The second-order valence-corrected chi connectivity index (χ2v) is 9.71. The summed E-state index contributed by atoms with van der Waals surface area (Å²) in [5.74, 6) is 0.656. The molecule has 5 rings (SSSR count). The van der Waals surface area contributed by atoms with Gasteiger partial charge in [-0.2, -0.15) is 5.26 Å². The second-order valence-electron chi connectivity index (χ2n) is 7.72. The monoisotopic (exact) mass is 508 g/mol. The lowest BCUT2D eigenvalue weighted by Gasteiger charge is -2.28. The van der Waals surface area contributed by atoms with Gasteiger partial charge < -0.3 is 0 Å². The molecule has 3 aromatic carbocycles. The highest BCUT2D eigenvalue weighted by atomic mass is 127. The quantitative estimate of drug-likeness (QED) is 0.205. The largest absolute Gasteiger partial charge is 0.281 e. The van der Waals surface area contributed by atoms with Crippen molar-refractivity contribution in [3.05, 3.63) is 71.8 Å². The van der Waals surface area contributed by atoms with E-state index < -0.39 is 0 Å². The topological polar surface area (TPSA) is 27.0 Å². The minimum absolute atomic E-state index is 0.656. The van der Waals surface area contributed by atoms with Crippen molar-refractivity contribution in [3.8, 4) is 6.07 Å². The van der Waals surface area contributed by atoms with Crippen LogP contribution in [0.15, 0.2) is 60.7 Å². The van der Waals surface area contributed by atoms with Crippen LogP contribution in [0.3, 0.4) is 0 Å². The van der Waals surface area contributed by atoms with Gasteiger partial charge in [0.25, 0.3) is 0 Å². The van der Waals surface area contributed by atoms with Gasteiger partial charge in [-0.3, -0.25) is 3.11 Å². The molecule has 1 heterocycles. The number of anilines is 2. The van der Waals surface area contributed by atoms with Crippen molar-refractivity contribution in [2.75, 3.05) is 3.11 Å². The molecular formula is C25H21IN2S. The van der Waals surface area contributed by atoms with Crippen molar-refractivity contribution < 1.29 is 0 Å². The highest BCUT2D eigenvalue weighted by Crippen LogP contribution is 2.46. The average molecular weight is 508 g/mol. The molecular weight excluding hydrogens is 487 g/mol. The Hall–Kier alpha value is -2.10. The number of rotatable bonds is 3. The van der Waals surface area contributed by atoms with Gasteiger partial charge in [0.2, 0.25) is 0 Å². The fourth-order valence-corrected chi connectivity index (χ4v) is 6.88. The van der Waals surface area contributed by atoms with E-state index in [1.54, 1.807) is 11.3 Å². The minimum atomic E-state index is 0.656. The van der Waals surface area contributed by atoms with Crippen LogP contribution in [0, 0.1) is 11.3 Å². The van der Waals surface area contributed by atoms with Crippen LogP contribution in [0.5, 0.6) is 0 Å². The molecule has 4 heteroatoms. The van der Waals surface area contributed by atoms with Crippen molar-refractivity contribution in [1.29, 1.82) is 5.26 Å². The van der Waals surface area contributed by atoms with Crippen molar-refractivity contribution in [2.24, 2.45) is 0 Å². The molecule has 2 nitrogen and oxygen atoms in total. The molecule has 1 fully saturated rings. The molecule has 144 valence electrons. The Kier molecular flexibility index (Phi) is 5.19. The van der Waals surface area contributed by atoms with E-state index in [-0.39, 0.29) is 0 Å². The summed E-state index contributed by atoms with van der Waals surface area (Å²) >= 11 is 4.20. The number of thiophene rings is 1. The molecule has 1 aromatic heterocycles. The maximum atomic E-state index is 9.54. The molecule has 0 N–H and O–H groups in total. The molecule has 0 bridgehead atoms. The van der Waals surface area contributed by atoms with Crippen LogP contribution < -0.4 is 3.11 Å². The van der Waals surface area contributed by atoms with E-state index in [4.69, 9.17) is 0 Å². The second kappa shape index (κ2) is 7.97. The van der Waals surface area contributed by atoms with Gasteiger partial charge in [0, 0.05) is 10.8 Å². The Morgan fingerprint density at radius 2 is 1.52 bits per heavy atom. The fraction of sp³-hybridized carbons (Fsp3) is 0.240. The minimum Gasteiger partial charge on any atom is -0.281 e. The number of halogens is 1. The molecule has 0 amide bonds. The first kappa shape index (κ1) is 18.9. The zero-order chi connectivity index (χ0) is 19.8. The first-order chi connectivity index (χ1) is 14.3. The van der Waals surface area contributed by atoms with Crippen LogP contribution in [0.2, 0.25) is 0 Å². The Balaban J connectivity index is 1.66. The highest BCUT2D eigenvalue weighted by molar-refractivity contribution is 14.1. The lowest BCUT2D eigenvalue weighted by molar-refractivity contribution is 0.444. The first-order valence-electron chi connectivity index (χ1n) is 10.2. The summed E-state index contributed by atoms with van der Waals surface area (Å²) in [6, 6.07) is 23.8. The van der Waals surface area contributed by atoms with E-state index in [0.29, 0.717) is 5.92 Å². The lowest BCUT2D eigenvalue weighted by Crippen LogP contribution is -2.10. The molecule has 0 unspecified atom stereocenters. The van der Waals surface area contributed by atoms with E-state index in [1.165, 1.54) is 64.5 Å². The van der Waals surface area contributed by atoms with Crippen molar-refractivity contribution in [1.82, 2.24) is 0 Å². The third-order valence-electron chi connectivity index (χ3n) is 6.03. The van der Waals surface area contributed by atoms with Crippen LogP contribution in [0.1, 0.15) is 49.1 Å². The lowest BCUT2D eigenvalue weighted by atomic mass is 9.83. The highest BCUT2D eigenvalue weighted by Gasteiger charge is 2.22. The van der Waals surface area contributed by atoms with Crippen LogP contribution in [0.4, 0.5) is 11.4 Å². The third kappa shape index (κ3) is 3.31. The van der Waals surface area contributed by atoms with Crippen molar-refractivity contribution in [3.63, 3.8) is 0 Å². The number of hydrogen-bond acceptors (Lipinski definition) is 3. The van der Waals surface area contributed by atoms with Crippen LogP contribution in [-0.4, -0.2) is 0 Å². The van der Waals surface area contributed by atoms with Gasteiger partial charge in [0.15, 0.2) is 0 Å². The average Bonchev–Trinajstić information content (AvgIpc) is 3.18. The van der Waals surface area contributed by atoms with E-state index >= 15 is 0 Å². The Morgan fingerprint density at radius 3 is 2.31 bits per heavy atom. The molecule has 0 atom stereocenters. The predicted molar refractivity (Wildman–Crippen MR) is 132 cm³/mol. The summed E-state index contributed by atoms with van der Waals surface area (Å²) in [6.45, 7) is 0. The van der Waals surface area contributed by atoms with Gasteiger partial charge in [-0.05, 0) is 42.5 Å². The molecule has 0 radical (unpaired) electrons. The number of nitriles is 1. The first-order valence-corrected chi connectivity index (χ1v) is 12.0. The summed E-state index contributed by atoms with van der Waals surface area (Å²) < 4.78 is 4.66. The van der Waals surface area contributed by atoms with Crippen molar-refractivity contribution >= 4 is 65.7 Å². The Labute approximate surface area is 189 Å². The predicted octanol–water partition coefficient (Wildman–Crippen LogP) is 8.46. The molecule has 4 aromatic rings. The molecule has 0 spiro atoms. The molecule has 1 saturated carbocycles. The number of para-hydroxylation sites is 1. The van der Waals surface area contributed by atoms with E-state index in [0.717, 1.165) is 10.3 Å². The van der Waals surface area contributed by atoms with Gasteiger partial charge in [-0.25, -0.2) is 0 Å². The molecule has 29 heavy (non-hydrogen) atoms. The van der Waals surface area contributed by atoms with E-state index in [1.807, 2.05) is 12.1 Å². The normalized spacial score (nSPS) is 14.9. The summed E-state index contributed by atoms with van der Waals surface area (Å²) in [7, 11) is 0. The van der Waals surface area contributed by atoms with Crippen LogP contribution in [-0.2, 0) is 0 Å². The Morgan fingerprint density at radius 1 is 0.828 bits per heavy atom. The smallest absolute Gasteiger partial charge is 0.101 e. The van der Waals surface area contributed by atoms with Gasteiger partial charge in [-0.15, -0.1) is 11.3 Å². The number of nitrogens with zero attached hydrogens (tertiary/aromatic N) is 2. The molecule has 0 aliphatic heterocycles. The standard InChI is InChI=1S/C25H21IN2S/c26-28(22-14-5-4-11-19(22)17-8-2-1-3-9-17)23-15-7-13-21-20-12-6-10-18(16-27)24(20)29-25(21)23/h4-7,10-15,17H,1-3,8-9H2. The summed E-state index contributed by atoms with van der Waals surface area (Å²) in [5, 5.41) is 12.0. The van der Waals surface area contributed by atoms with E-state index in [9.17, 15) is 5.26 Å². The van der Waals surface area contributed by atoms with Gasteiger partial charge >= 0.3 is 0 Å². The number of hydrogen-bond donors (Lipinski definition) is 0. The number of benzene rings is 3. The van der Waals surface area contributed by atoms with Gasteiger partial charge in [0.05, 0.1) is 49.2 Å². The SMILES string of the molecule is N#Cc1cccc2c1sc1c(N(I)c3ccccc3C3CCCCC3)cccc12. The molecule has 0 saturated heterocycles. The number of fused-ring (bicyclic) bond motifs is 3. The van der Waals surface area contributed by atoms with E-state index in [2.05, 4.69) is 80.6 Å². The summed E-state index contributed by atoms with van der Waals surface area (Å²) in [5.41, 5.74) is 4.73. The van der Waals surface area contributed by atoms with Gasteiger partial charge in [-0.1, -0.05) is 61.7 Å². The maximum absolute atomic E-state index is 9.54. The van der Waals surface area contributed by atoms with Gasteiger partial charge in [0.1, 0.15) is 6.07 Å². The molecule has 1 aliphatic carbocycles. The Bertz CT molecular complexity index is 1230. The van der Waals surface area contributed by atoms with Crippen molar-refractivity contribution in [2.45, 2.75) is 38.0 Å². The third-order valence-corrected chi connectivity index (χ3v) is 8.35. The summed E-state index contributed by atoms with van der Waals surface area (Å²) in [6.07, 6.45) is 6.63.